The number of aromatic amines is 1. The minimum absolute atomic E-state index is 0.316. The second-order valence-electron chi connectivity index (χ2n) is 2.69. The van der Waals surface area contributed by atoms with Crippen LogP contribution in [0.4, 0.5) is 0 Å². The highest BCUT2D eigenvalue weighted by Gasteiger charge is 2.13. The first-order chi connectivity index (χ1) is 6.16. The Morgan fingerprint density at radius 2 is 2.31 bits per heavy atom. The smallest absolute Gasteiger partial charge is 0.282 e. The first kappa shape index (κ1) is 9.73. The second-order valence-corrected chi connectivity index (χ2v) is 2.69. The van der Waals surface area contributed by atoms with Crippen molar-refractivity contribution in [3.8, 4) is 0 Å². The molecule has 1 aromatic rings. The van der Waals surface area contributed by atoms with Crippen LogP contribution in [0.25, 0.3) is 0 Å². The summed E-state index contributed by atoms with van der Waals surface area (Å²) in [4.78, 5) is 16.1. The van der Waals surface area contributed by atoms with Gasteiger partial charge in [-0.1, -0.05) is 0 Å². The van der Waals surface area contributed by atoms with Crippen LogP contribution in [0.5, 0.6) is 0 Å². The van der Waals surface area contributed by atoms with Crippen LogP contribution < -0.4 is 5.48 Å². The van der Waals surface area contributed by atoms with Gasteiger partial charge in [0.25, 0.3) is 5.91 Å². The Morgan fingerprint density at radius 3 is 2.77 bits per heavy atom. The molecule has 2 N–H and O–H groups in total. The van der Waals surface area contributed by atoms with Crippen molar-refractivity contribution < 1.29 is 9.63 Å². The Kier molecular flexibility index (Phi) is 3.02. The topological polar surface area (TPSA) is 67.0 Å². The summed E-state index contributed by atoms with van der Waals surface area (Å²) in [7, 11) is 0. The second kappa shape index (κ2) is 4.04. The molecule has 1 rings (SSSR count). The third-order valence-electron chi connectivity index (χ3n) is 1.78. The summed E-state index contributed by atoms with van der Waals surface area (Å²) in [5.41, 5.74) is 4.40. The number of carbonyl (C=O) groups is 1. The van der Waals surface area contributed by atoms with Crippen LogP contribution in [0, 0.1) is 13.8 Å². The molecule has 0 saturated carbocycles. The van der Waals surface area contributed by atoms with Gasteiger partial charge in [0.1, 0.15) is 0 Å². The van der Waals surface area contributed by atoms with Crippen molar-refractivity contribution in [3.05, 3.63) is 17.0 Å². The Balaban J connectivity index is 2.71. The average molecular weight is 183 g/mol. The number of rotatable bonds is 3. The van der Waals surface area contributed by atoms with Crippen molar-refractivity contribution in [3.63, 3.8) is 0 Å². The molecule has 72 valence electrons. The molecule has 0 aliphatic carbocycles. The summed E-state index contributed by atoms with van der Waals surface area (Å²) in [6.45, 7) is 5.93. The van der Waals surface area contributed by atoms with E-state index in [0.29, 0.717) is 12.3 Å². The highest BCUT2D eigenvalue weighted by molar-refractivity contribution is 5.93. The van der Waals surface area contributed by atoms with Gasteiger partial charge < -0.3 is 0 Å². The van der Waals surface area contributed by atoms with Crippen molar-refractivity contribution in [2.75, 3.05) is 6.61 Å². The molecular formula is C8H13N3O2. The quantitative estimate of drug-likeness (QED) is 0.678. The van der Waals surface area contributed by atoms with Crippen LogP contribution in [-0.4, -0.2) is 22.7 Å². The van der Waals surface area contributed by atoms with Crippen LogP contribution in [0.2, 0.25) is 0 Å². The fourth-order valence-electron chi connectivity index (χ4n) is 0.892. The molecule has 13 heavy (non-hydrogen) atoms. The minimum Gasteiger partial charge on any atom is -0.282 e. The van der Waals surface area contributed by atoms with Gasteiger partial charge in [-0.3, -0.25) is 14.7 Å². The van der Waals surface area contributed by atoms with E-state index in [2.05, 4.69) is 15.7 Å². The molecule has 0 radical (unpaired) electrons. The van der Waals surface area contributed by atoms with E-state index < -0.39 is 0 Å². The zero-order valence-corrected chi connectivity index (χ0v) is 7.97. The first-order valence-electron chi connectivity index (χ1n) is 4.10. The van der Waals surface area contributed by atoms with Gasteiger partial charge in [-0.15, -0.1) is 0 Å². The van der Waals surface area contributed by atoms with Crippen LogP contribution in [-0.2, 0) is 4.84 Å². The van der Waals surface area contributed by atoms with E-state index in [0.717, 1.165) is 11.3 Å². The van der Waals surface area contributed by atoms with Gasteiger partial charge in [0, 0.05) is 11.3 Å². The van der Waals surface area contributed by atoms with Gasteiger partial charge in [-0.05, 0) is 20.8 Å². The zero-order chi connectivity index (χ0) is 9.84. The van der Waals surface area contributed by atoms with Gasteiger partial charge in [0.15, 0.2) is 5.69 Å². The van der Waals surface area contributed by atoms with Crippen LogP contribution >= 0.6 is 0 Å². The van der Waals surface area contributed by atoms with Crippen LogP contribution in [0.3, 0.4) is 0 Å². The lowest BCUT2D eigenvalue weighted by molar-refractivity contribution is 0.0359. The van der Waals surface area contributed by atoms with E-state index in [9.17, 15) is 4.79 Å². The molecule has 0 atom stereocenters. The summed E-state index contributed by atoms with van der Waals surface area (Å²) in [6, 6.07) is 0. The first-order valence-corrected chi connectivity index (χ1v) is 4.10. The summed E-state index contributed by atoms with van der Waals surface area (Å²) in [5, 5.41) is 6.58. The number of carbonyl (C=O) groups excluding carboxylic acids is 1. The zero-order valence-electron chi connectivity index (χ0n) is 7.97. The van der Waals surface area contributed by atoms with E-state index in [-0.39, 0.29) is 5.91 Å². The van der Waals surface area contributed by atoms with Gasteiger partial charge in [0.05, 0.1) is 6.61 Å². The fraction of sp³-hybridized carbons (Fsp3) is 0.500. The number of aryl methyl sites for hydroxylation is 1. The number of aromatic nitrogens is 2. The number of amides is 1. The Labute approximate surface area is 76.4 Å². The third kappa shape index (κ3) is 2.06. The van der Waals surface area contributed by atoms with Gasteiger partial charge in [0.2, 0.25) is 0 Å². The van der Waals surface area contributed by atoms with Crippen LogP contribution in [0.15, 0.2) is 0 Å². The summed E-state index contributed by atoms with van der Waals surface area (Å²) < 4.78 is 0. The van der Waals surface area contributed by atoms with Gasteiger partial charge in [-0.25, -0.2) is 5.48 Å². The number of hydrogen-bond acceptors (Lipinski definition) is 3. The summed E-state index contributed by atoms with van der Waals surface area (Å²) >= 11 is 0. The van der Waals surface area contributed by atoms with E-state index >= 15 is 0 Å². The predicted octanol–water partition coefficient (Wildman–Crippen LogP) is 0.708. The highest BCUT2D eigenvalue weighted by Crippen LogP contribution is 2.07. The molecule has 0 spiro atoms. The van der Waals surface area contributed by atoms with Crippen molar-refractivity contribution in [1.29, 1.82) is 0 Å². The molecule has 0 aromatic carbocycles. The van der Waals surface area contributed by atoms with Gasteiger partial charge >= 0.3 is 0 Å². The van der Waals surface area contributed by atoms with Crippen molar-refractivity contribution in [1.82, 2.24) is 15.7 Å². The molecule has 0 unspecified atom stereocenters. The largest absolute Gasteiger partial charge is 0.295 e. The van der Waals surface area contributed by atoms with Crippen molar-refractivity contribution >= 4 is 5.91 Å². The SMILES string of the molecule is CCONC(=O)c1n[nH]c(C)c1C. The van der Waals surface area contributed by atoms with E-state index in [1.54, 1.807) is 6.92 Å². The van der Waals surface area contributed by atoms with Crippen LogP contribution in [0.1, 0.15) is 28.7 Å². The number of nitrogens with one attached hydrogen (secondary N) is 2. The molecule has 1 amide bonds. The summed E-state index contributed by atoms with van der Waals surface area (Å²) in [5.74, 6) is -0.316. The molecule has 0 aliphatic rings. The lowest BCUT2D eigenvalue weighted by Crippen LogP contribution is -2.24. The normalized spacial score (nSPS) is 10.1. The standard InChI is InChI=1S/C8H13N3O2/c1-4-13-11-8(12)7-5(2)6(3)9-10-7/h4H2,1-3H3,(H,9,10)(H,11,12). The Hall–Kier alpha value is -1.36. The molecule has 1 heterocycles. The van der Waals surface area contributed by atoms with E-state index in [1.807, 2.05) is 13.8 Å². The lowest BCUT2D eigenvalue weighted by atomic mass is 10.2. The maximum atomic E-state index is 11.3. The molecule has 0 bridgehead atoms. The molecule has 0 fully saturated rings. The molecule has 1 aromatic heterocycles. The fourth-order valence-corrected chi connectivity index (χ4v) is 0.892. The van der Waals surface area contributed by atoms with Crippen molar-refractivity contribution in [2.24, 2.45) is 0 Å². The Morgan fingerprint density at radius 1 is 1.62 bits per heavy atom. The molecule has 0 saturated heterocycles. The maximum Gasteiger partial charge on any atom is 0.295 e. The third-order valence-corrected chi connectivity index (χ3v) is 1.78. The van der Waals surface area contributed by atoms with E-state index in [1.165, 1.54) is 0 Å². The molecule has 5 nitrogen and oxygen atoms in total. The minimum atomic E-state index is -0.316. The maximum absolute atomic E-state index is 11.3. The molecular weight excluding hydrogens is 170 g/mol. The monoisotopic (exact) mass is 183 g/mol. The number of hydroxylamine groups is 1. The highest BCUT2D eigenvalue weighted by atomic mass is 16.6. The average Bonchev–Trinajstić information content (AvgIpc) is 2.44. The number of H-pyrrole nitrogens is 1. The predicted molar refractivity (Wildman–Crippen MR) is 47.2 cm³/mol. The van der Waals surface area contributed by atoms with Crippen molar-refractivity contribution in [2.45, 2.75) is 20.8 Å². The summed E-state index contributed by atoms with van der Waals surface area (Å²) in [6.07, 6.45) is 0. The molecule has 5 heteroatoms. The lowest BCUT2D eigenvalue weighted by Gasteiger charge is -2.00. The van der Waals surface area contributed by atoms with Gasteiger partial charge in [-0.2, -0.15) is 5.10 Å². The Bertz CT molecular complexity index is 306. The van der Waals surface area contributed by atoms with E-state index in [4.69, 9.17) is 4.84 Å². The molecule has 0 aliphatic heterocycles. The number of hydrogen-bond donors (Lipinski definition) is 2. The number of nitrogens with zero attached hydrogens (tertiary/aromatic N) is 1.